The average Bonchev–Trinajstić information content (AvgIpc) is 2.59. The molecule has 0 aromatic heterocycles. The van der Waals surface area contributed by atoms with Crippen LogP contribution in [0.4, 0.5) is 0 Å². The molecule has 0 bridgehead atoms. The molecule has 1 amide bonds. The maximum atomic E-state index is 12.2. The summed E-state index contributed by atoms with van der Waals surface area (Å²) in [5, 5.41) is 2.89. The largest absolute Gasteiger partial charge is 0.352 e. The van der Waals surface area contributed by atoms with Crippen molar-refractivity contribution in [1.29, 1.82) is 0 Å². The lowest BCUT2D eigenvalue weighted by Gasteiger charge is -2.13. The smallest absolute Gasteiger partial charge is 0.220 e. The quantitative estimate of drug-likeness (QED) is 0.610. The Morgan fingerprint density at radius 2 is 1.59 bits per heavy atom. The lowest BCUT2D eigenvalue weighted by atomic mass is 10.1. The van der Waals surface area contributed by atoms with Crippen LogP contribution in [-0.4, -0.2) is 20.4 Å². The Bertz CT molecular complexity index is 882. The molecule has 2 N–H and O–H groups in total. The number of aryl methyl sites for hydroxylation is 1. The summed E-state index contributed by atoms with van der Waals surface area (Å²) in [5.41, 5.74) is 2.58. The van der Waals surface area contributed by atoms with E-state index in [1.165, 1.54) is 0 Å². The van der Waals surface area contributed by atoms with E-state index in [-0.39, 0.29) is 17.7 Å². The fourth-order valence-corrected chi connectivity index (χ4v) is 4.68. The molecule has 146 valence electrons. The molecule has 5 nitrogen and oxygen atoms in total. The van der Waals surface area contributed by atoms with Crippen LogP contribution < -0.4 is 10.0 Å². The van der Waals surface area contributed by atoms with E-state index in [1.807, 2.05) is 36.4 Å². The van der Waals surface area contributed by atoms with Crippen molar-refractivity contribution in [2.24, 2.45) is 0 Å². The summed E-state index contributed by atoms with van der Waals surface area (Å²) in [6.07, 6.45) is 1.01. The first kappa shape index (κ1) is 21.6. The Morgan fingerprint density at radius 3 is 2.22 bits per heavy atom. The zero-order chi connectivity index (χ0) is 19.9. The predicted molar refractivity (Wildman–Crippen MR) is 112 cm³/mol. The number of carbonyl (C=O) groups is 1. The fourth-order valence-electron chi connectivity index (χ4n) is 2.71. The molecule has 2 aromatic carbocycles. The average molecular weight is 453 g/mol. The molecule has 0 aliphatic rings. The molecule has 0 heterocycles. The van der Waals surface area contributed by atoms with Gasteiger partial charge in [0.25, 0.3) is 0 Å². The van der Waals surface area contributed by atoms with Crippen LogP contribution in [-0.2, 0) is 33.5 Å². The van der Waals surface area contributed by atoms with Crippen molar-refractivity contribution >= 4 is 31.9 Å². The van der Waals surface area contributed by atoms with Crippen LogP contribution in [0.2, 0.25) is 0 Å². The highest BCUT2D eigenvalue weighted by Gasteiger charge is 2.15. The normalized spacial score (nSPS) is 11.6. The van der Waals surface area contributed by atoms with Crippen molar-refractivity contribution < 1.29 is 13.2 Å². The first-order valence-electron chi connectivity index (χ1n) is 8.84. The molecule has 0 radical (unpaired) electrons. The maximum absolute atomic E-state index is 12.2. The highest BCUT2D eigenvalue weighted by Crippen LogP contribution is 2.17. The van der Waals surface area contributed by atoms with Crippen LogP contribution in [0.25, 0.3) is 0 Å². The summed E-state index contributed by atoms with van der Waals surface area (Å²) in [5.74, 6) is -0.169. The highest BCUT2D eigenvalue weighted by molar-refractivity contribution is 9.10. The first-order chi connectivity index (χ1) is 12.8. The Hall–Kier alpha value is -1.70. The number of nitrogens with one attached hydrogen (secondary N) is 2. The number of hydrogen-bond donors (Lipinski definition) is 2. The van der Waals surface area contributed by atoms with Crippen LogP contribution in [0.15, 0.2) is 53.0 Å². The minimum absolute atomic E-state index is 0.0660. The third-order valence-electron chi connectivity index (χ3n) is 3.93. The summed E-state index contributed by atoms with van der Waals surface area (Å²) < 4.78 is 28.0. The van der Waals surface area contributed by atoms with Crippen molar-refractivity contribution in [2.75, 3.05) is 0 Å². The van der Waals surface area contributed by atoms with Crippen molar-refractivity contribution in [3.63, 3.8) is 0 Å². The monoisotopic (exact) mass is 452 g/mol. The lowest BCUT2D eigenvalue weighted by molar-refractivity contribution is -0.121. The van der Waals surface area contributed by atoms with Crippen LogP contribution in [0.1, 0.15) is 37.0 Å². The molecule has 0 saturated carbocycles. The fraction of sp³-hybridized carbons (Fsp3) is 0.350. The van der Waals surface area contributed by atoms with Gasteiger partial charge in [-0.3, -0.25) is 4.79 Å². The molecule has 0 aliphatic heterocycles. The number of amides is 1. The molecule has 0 unspecified atom stereocenters. The van der Waals surface area contributed by atoms with Gasteiger partial charge in [0.1, 0.15) is 0 Å². The Balaban J connectivity index is 1.94. The number of benzene rings is 2. The second kappa shape index (κ2) is 10.0. The SMILES string of the molecule is CC(C)NS(=O)(=O)Cc1ccccc1CNC(=O)CCc1ccccc1Br. The van der Waals surface area contributed by atoms with Gasteiger partial charge in [0.2, 0.25) is 15.9 Å². The van der Waals surface area contributed by atoms with Crippen molar-refractivity contribution in [1.82, 2.24) is 10.0 Å². The zero-order valence-corrected chi connectivity index (χ0v) is 17.9. The second-order valence-electron chi connectivity index (χ2n) is 6.67. The lowest BCUT2D eigenvalue weighted by Crippen LogP contribution is -2.32. The molecule has 2 rings (SSSR count). The maximum Gasteiger partial charge on any atom is 0.220 e. The minimum atomic E-state index is -3.41. The Labute approximate surface area is 169 Å². The van der Waals surface area contributed by atoms with Gasteiger partial charge in [-0.25, -0.2) is 13.1 Å². The Morgan fingerprint density at radius 1 is 1.00 bits per heavy atom. The number of halogens is 1. The second-order valence-corrected chi connectivity index (χ2v) is 9.28. The summed E-state index contributed by atoms with van der Waals surface area (Å²) in [6.45, 7) is 3.88. The van der Waals surface area contributed by atoms with Crippen molar-refractivity contribution in [3.8, 4) is 0 Å². The van der Waals surface area contributed by atoms with Gasteiger partial charge in [0.05, 0.1) is 5.75 Å². The van der Waals surface area contributed by atoms with Gasteiger partial charge >= 0.3 is 0 Å². The Kier molecular flexibility index (Phi) is 8.01. The van der Waals surface area contributed by atoms with Gasteiger partial charge < -0.3 is 5.32 Å². The molecule has 0 spiro atoms. The number of sulfonamides is 1. The third kappa shape index (κ3) is 7.44. The van der Waals surface area contributed by atoms with E-state index in [0.29, 0.717) is 24.9 Å². The van der Waals surface area contributed by atoms with Crippen molar-refractivity contribution in [3.05, 3.63) is 69.7 Å². The molecule has 7 heteroatoms. The van der Waals surface area contributed by atoms with E-state index in [0.717, 1.165) is 15.6 Å². The molecular formula is C20H25BrN2O3S. The molecule has 0 aliphatic carbocycles. The molecule has 2 aromatic rings. The van der Waals surface area contributed by atoms with Crippen LogP contribution >= 0.6 is 15.9 Å². The van der Waals surface area contributed by atoms with Crippen LogP contribution in [0.3, 0.4) is 0 Å². The number of carbonyl (C=O) groups excluding carboxylic acids is 1. The van der Waals surface area contributed by atoms with E-state index in [9.17, 15) is 13.2 Å². The van der Waals surface area contributed by atoms with Crippen LogP contribution in [0.5, 0.6) is 0 Å². The summed E-state index contributed by atoms with van der Waals surface area (Å²) in [6, 6.07) is 14.9. The van der Waals surface area contributed by atoms with E-state index >= 15 is 0 Å². The van der Waals surface area contributed by atoms with Gasteiger partial charge in [0.15, 0.2) is 0 Å². The molecule has 27 heavy (non-hydrogen) atoms. The number of rotatable bonds is 9. The zero-order valence-electron chi connectivity index (χ0n) is 15.5. The predicted octanol–water partition coefficient (Wildman–Crippen LogP) is 3.53. The third-order valence-corrected chi connectivity index (χ3v) is 6.23. The van der Waals surface area contributed by atoms with E-state index in [4.69, 9.17) is 0 Å². The molecule has 0 fully saturated rings. The standard InChI is InChI=1S/C20H25BrN2O3S/c1-15(2)23-27(25,26)14-18-9-4-3-8-17(18)13-22-20(24)12-11-16-7-5-6-10-19(16)21/h3-10,15,23H,11-14H2,1-2H3,(H,22,24). The van der Waals surface area contributed by atoms with Gasteiger partial charge in [0, 0.05) is 23.5 Å². The summed E-state index contributed by atoms with van der Waals surface area (Å²) in [4.78, 5) is 12.2. The number of hydrogen-bond acceptors (Lipinski definition) is 3. The van der Waals surface area contributed by atoms with E-state index < -0.39 is 10.0 Å². The van der Waals surface area contributed by atoms with Gasteiger partial charge in [-0.05, 0) is 43.0 Å². The van der Waals surface area contributed by atoms with E-state index in [1.54, 1.807) is 26.0 Å². The summed E-state index contributed by atoms with van der Waals surface area (Å²) >= 11 is 3.48. The highest BCUT2D eigenvalue weighted by atomic mass is 79.9. The topological polar surface area (TPSA) is 75.3 Å². The van der Waals surface area contributed by atoms with Crippen molar-refractivity contribution in [2.45, 2.75) is 45.0 Å². The van der Waals surface area contributed by atoms with Gasteiger partial charge in [-0.15, -0.1) is 0 Å². The van der Waals surface area contributed by atoms with Crippen LogP contribution in [0, 0.1) is 0 Å². The molecule has 0 saturated heterocycles. The van der Waals surface area contributed by atoms with Gasteiger partial charge in [-0.2, -0.15) is 0 Å². The van der Waals surface area contributed by atoms with E-state index in [2.05, 4.69) is 26.0 Å². The minimum Gasteiger partial charge on any atom is -0.352 e. The summed E-state index contributed by atoms with van der Waals surface area (Å²) in [7, 11) is -3.41. The van der Waals surface area contributed by atoms with Gasteiger partial charge in [-0.1, -0.05) is 58.4 Å². The molecule has 0 atom stereocenters. The first-order valence-corrected chi connectivity index (χ1v) is 11.3. The molecular weight excluding hydrogens is 428 g/mol.